The van der Waals surface area contributed by atoms with Gasteiger partial charge in [-0.15, -0.1) is 0 Å². The highest BCUT2D eigenvalue weighted by atomic mass is 35.5. The molecule has 0 bridgehead atoms. The Morgan fingerprint density at radius 1 is 1.23 bits per heavy atom. The van der Waals surface area contributed by atoms with Gasteiger partial charge >= 0.3 is 0 Å². The molecular formula is C22H20ClFN8O2S. The fraction of sp³-hybridized carbons (Fsp3) is 0.136. The standard InChI is InChI=1S/C22H20ClFN8O2S/c23-15-10-14(11-16(24)18(15)33)35-31-13-5-3-12(4-6-13)7-8-26-21-28-20(25)32-22(29-21)27-19(30-32)17-2-1-9-34-17/h1-6,9-11,19,30-31,33H,7-8H2,(H3,25,26,27,28,29). The van der Waals surface area contributed by atoms with E-state index in [0.717, 1.165) is 17.7 Å². The molecule has 0 radical (unpaired) electrons. The number of hydrogen-bond donors (Lipinski definition) is 5. The van der Waals surface area contributed by atoms with Crippen molar-refractivity contribution < 1.29 is 13.9 Å². The minimum Gasteiger partial charge on any atom is -0.504 e. The molecule has 180 valence electrons. The van der Waals surface area contributed by atoms with Crippen molar-refractivity contribution in [2.75, 3.05) is 11.3 Å². The van der Waals surface area contributed by atoms with Crippen molar-refractivity contribution in [2.24, 2.45) is 20.7 Å². The SMILES string of the molecule is NC1=NC(NCCc2ccc(NSc3cc(F)c(O)c(Cl)c3)cc2)=NC2=NC(c3ccco3)NN12. The Hall–Kier alpha value is -3.74. The number of halogens is 2. The largest absolute Gasteiger partial charge is 0.504 e. The van der Waals surface area contributed by atoms with Crippen molar-refractivity contribution in [1.82, 2.24) is 15.8 Å². The third kappa shape index (κ3) is 5.19. The van der Waals surface area contributed by atoms with Crippen molar-refractivity contribution in [3.8, 4) is 5.75 Å². The summed E-state index contributed by atoms with van der Waals surface area (Å²) in [7, 11) is 0. The molecule has 13 heteroatoms. The molecule has 0 fully saturated rings. The lowest BCUT2D eigenvalue weighted by Crippen LogP contribution is -2.50. The molecule has 0 saturated carbocycles. The number of guanidine groups is 3. The predicted octanol–water partition coefficient (Wildman–Crippen LogP) is 3.59. The number of phenols is 1. The number of aliphatic imine (C=N–C) groups is 3. The third-order valence-electron chi connectivity index (χ3n) is 5.09. The van der Waals surface area contributed by atoms with Crippen molar-refractivity contribution in [3.63, 3.8) is 0 Å². The van der Waals surface area contributed by atoms with Gasteiger partial charge in [-0.2, -0.15) is 15.4 Å². The lowest BCUT2D eigenvalue weighted by Gasteiger charge is -2.21. The minimum atomic E-state index is -0.764. The number of furan rings is 1. The number of anilines is 1. The normalized spacial score (nSPS) is 16.9. The molecule has 1 atom stereocenters. The molecule has 3 aromatic rings. The average Bonchev–Trinajstić information content (AvgIpc) is 3.52. The number of aromatic hydroxyl groups is 1. The second-order valence-electron chi connectivity index (χ2n) is 7.53. The van der Waals surface area contributed by atoms with Crippen LogP contribution in [0.2, 0.25) is 5.02 Å². The predicted molar refractivity (Wildman–Crippen MR) is 134 cm³/mol. The lowest BCUT2D eigenvalue weighted by molar-refractivity contribution is 0.360. The first kappa shape index (κ1) is 23.0. The Morgan fingerprint density at radius 2 is 2.06 bits per heavy atom. The molecule has 3 heterocycles. The summed E-state index contributed by atoms with van der Waals surface area (Å²) in [6.07, 6.45) is 1.90. The molecule has 0 aliphatic carbocycles. The van der Waals surface area contributed by atoms with E-state index >= 15 is 0 Å². The lowest BCUT2D eigenvalue weighted by atomic mass is 10.1. The Morgan fingerprint density at radius 3 is 2.80 bits per heavy atom. The Bertz CT molecular complexity index is 1290. The van der Waals surface area contributed by atoms with E-state index in [1.165, 1.54) is 29.1 Å². The molecular weight excluding hydrogens is 495 g/mol. The Labute approximate surface area is 208 Å². The number of benzene rings is 2. The minimum absolute atomic E-state index is 0.0351. The van der Waals surface area contributed by atoms with Gasteiger partial charge in [0.15, 0.2) is 17.7 Å². The van der Waals surface area contributed by atoms with Gasteiger partial charge in [0, 0.05) is 17.1 Å². The van der Waals surface area contributed by atoms with Crippen molar-refractivity contribution in [1.29, 1.82) is 0 Å². The van der Waals surface area contributed by atoms with Crippen LogP contribution in [0.3, 0.4) is 0 Å². The Kier molecular flexibility index (Phi) is 6.49. The summed E-state index contributed by atoms with van der Waals surface area (Å²) in [6.45, 7) is 0.588. The van der Waals surface area contributed by atoms with Crippen LogP contribution in [-0.2, 0) is 6.42 Å². The van der Waals surface area contributed by atoms with Gasteiger partial charge in [-0.1, -0.05) is 23.7 Å². The first-order valence-corrected chi connectivity index (χ1v) is 11.7. The van der Waals surface area contributed by atoms with Crippen LogP contribution >= 0.6 is 23.5 Å². The summed E-state index contributed by atoms with van der Waals surface area (Å²) >= 11 is 7.01. The van der Waals surface area contributed by atoms with Crippen LogP contribution in [0.5, 0.6) is 5.75 Å². The van der Waals surface area contributed by atoms with Crippen LogP contribution in [0.1, 0.15) is 17.5 Å². The fourth-order valence-corrected chi connectivity index (χ4v) is 4.32. The van der Waals surface area contributed by atoms with E-state index in [1.807, 2.05) is 30.3 Å². The summed E-state index contributed by atoms with van der Waals surface area (Å²) in [4.78, 5) is 13.7. The number of hydrogen-bond acceptors (Lipinski definition) is 11. The highest BCUT2D eigenvalue weighted by Crippen LogP contribution is 2.32. The van der Waals surface area contributed by atoms with Gasteiger partial charge in [-0.05, 0) is 60.3 Å². The number of rotatable bonds is 7. The molecule has 35 heavy (non-hydrogen) atoms. The van der Waals surface area contributed by atoms with Crippen LogP contribution in [-0.4, -0.2) is 34.5 Å². The first-order valence-electron chi connectivity index (χ1n) is 10.5. The average molecular weight is 515 g/mol. The van der Waals surface area contributed by atoms with Crippen molar-refractivity contribution >= 4 is 47.1 Å². The smallest absolute Gasteiger partial charge is 0.248 e. The third-order valence-corrected chi connectivity index (χ3v) is 6.19. The number of nitrogens with two attached hydrogens (primary N) is 1. The van der Waals surface area contributed by atoms with Crippen LogP contribution in [0.4, 0.5) is 10.1 Å². The summed E-state index contributed by atoms with van der Waals surface area (Å²) in [5.41, 5.74) is 11.1. The second kappa shape index (κ2) is 9.86. The van der Waals surface area contributed by atoms with E-state index in [0.29, 0.717) is 29.1 Å². The summed E-state index contributed by atoms with van der Waals surface area (Å²) in [5, 5.41) is 14.1. The maximum absolute atomic E-state index is 13.6. The van der Waals surface area contributed by atoms with Gasteiger partial charge in [0.05, 0.1) is 11.3 Å². The van der Waals surface area contributed by atoms with Gasteiger partial charge in [-0.25, -0.2) is 14.4 Å². The highest BCUT2D eigenvalue weighted by molar-refractivity contribution is 8.00. The van der Waals surface area contributed by atoms with E-state index in [2.05, 4.69) is 30.4 Å². The molecule has 1 unspecified atom stereocenters. The quantitative estimate of drug-likeness (QED) is 0.302. The maximum Gasteiger partial charge on any atom is 0.248 e. The van der Waals surface area contributed by atoms with Gasteiger partial charge in [0.2, 0.25) is 17.9 Å². The molecule has 0 spiro atoms. The molecule has 10 nitrogen and oxygen atoms in total. The number of nitrogens with zero attached hydrogens (tertiary/aromatic N) is 4. The molecule has 1 aromatic heterocycles. The number of nitrogens with one attached hydrogen (secondary N) is 3. The number of phenolic OH excluding ortho intramolecular Hbond substituents is 1. The van der Waals surface area contributed by atoms with E-state index in [4.69, 9.17) is 21.8 Å². The second-order valence-corrected chi connectivity index (χ2v) is 8.82. The zero-order chi connectivity index (χ0) is 24.4. The molecule has 0 saturated heterocycles. The molecule has 2 aliphatic rings. The first-order chi connectivity index (χ1) is 17.0. The van der Waals surface area contributed by atoms with Gasteiger partial charge in [0.25, 0.3) is 0 Å². The molecule has 5 rings (SSSR count). The molecule has 6 N–H and O–H groups in total. The van der Waals surface area contributed by atoms with Gasteiger partial charge < -0.3 is 25.3 Å². The maximum atomic E-state index is 13.6. The molecule has 2 aromatic carbocycles. The zero-order valence-electron chi connectivity index (χ0n) is 18.1. The van der Waals surface area contributed by atoms with Crippen LogP contribution in [0.25, 0.3) is 0 Å². The topological polar surface area (TPSA) is 136 Å². The van der Waals surface area contributed by atoms with Gasteiger partial charge in [-0.3, -0.25) is 0 Å². The number of fused-ring (bicyclic) bond motifs is 1. The van der Waals surface area contributed by atoms with E-state index in [9.17, 15) is 9.50 Å². The van der Waals surface area contributed by atoms with E-state index in [1.54, 1.807) is 12.3 Å². The molecule has 2 aliphatic heterocycles. The van der Waals surface area contributed by atoms with Crippen LogP contribution in [0.15, 0.2) is 79.1 Å². The fourth-order valence-electron chi connectivity index (χ4n) is 3.34. The molecule has 0 amide bonds. The summed E-state index contributed by atoms with van der Waals surface area (Å²) in [5.74, 6) is 0.361. The van der Waals surface area contributed by atoms with E-state index in [-0.39, 0.29) is 11.0 Å². The van der Waals surface area contributed by atoms with Crippen molar-refractivity contribution in [2.45, 2.75) is 17.5 Å². The monoisotopic (exact) mass is 514 g/mol. The van der Waals surface area contributed by atoms with Gasteiger partial charge in [0.1, 0.15) is 5.76 Å². The zero-order valence-corrected chi connectivity index (χ0v) is 19.6. The Balaban J connectivity index is 1.13. The van der Waals surface area contributed by atoms with Crippen LogP contribution in [0, 0.1) is 5.82 Å². The number of hydrazine groups is 1. The highest BCUT2D eigenvalue weighted by Gasteiger charge is 2.32. The van der Waals surface area contributed by atoms with E-state index < -0.39 is 17.7 Å². The van der Waals surface area contributed by atoms with Crippen molar-refractivity contribution in [3.05, 3.63) is 77.0 Å². The van der Waals surface area contributed by atoms with Crippen LogP contribution < -0.4 is 21.2 Å². The summed E-state index contributed by atoms with van der Waals surface area (Å²) < 4.78 is 22.1. The summed E-state index contributed by atoms with van der Waals surface area (Å²) in [6, 6.07) is 14.1.